The lowest BCUT2D eigenvalue weighted by Crippen LogP contribution is -2.26. The van der Waals surface area contributed by atoms with Crippen LogP contribution in [0.3, 0.4) is 0 Å². The third-order valence-corrected chi connectivity index (χ3v) is 5.37. The van der Waals surface area contributed by atoms with Crippen LogP contribution in [-0.4, -0.2) is 27.6 Å². The van der Waals surface area contributed by atoms with E-state index in [4.69, 9.17) is 9.47 Å². The fraction of sp³-hybridized carbons (Fsp3) is 0.167. The maximum Gasteiger partial charge on any atom is 0.252 e. The SMILES string of the molecule is COc1ccc(S(=O)(=O)NCc2cc3cc(OC)ccc3[nH]c2=O)cc1. The lowest BCUT2D eigenvalue weighted by atomic mass is 10.1. The second-order valence-corrected chi connectivity index (χ2v) is 7.34. The molecule has 1 aromatic heterocycles. The van der Waals surface area contributed by atoms with E-state index >= 15 is 0 Å². The van der Waals surface area contributed by atoms with Crippen LogP contribution >= 0.6 is 0 Å². The first-order chi connectivity index (χ1) is 12.4. The monoisotopic (exact) mass is 374 g/mol. The fourth-order valence-corrected chi connectivity index (χ4v) is 3.51. The summed E-state index contributed by atoms with van der Waals surface area (Å²) in [5.74, 6) is 1.21. The van der Waals surface area contributed by atoms with Gasteiger partial charge in [0.2, 0.25) is 10.0 Å². The average molecular weight is 374 g/mol. The summed E-state index contributed by atoms with van der Waals surface area (Å²) in [6.07, 6.45) is 0. The zero-order valence-electron chi connectivity index (χ0n) is 14.3. The highest BCUT2D eigenvalue weighted by Crippen LogP contribution is 2.19. The van der Waals surface area contributed by atoms with Crippen molar-refractivity contribution in [2.45, 2.75) is 11.4 Å². The van der Waals surface area contributed by atoms with Gasteiger partial charge in [-0.2, -0.15) is 0 Å². The minimum absolute atomic E-state index is 0.0946. The standard InChI is InChI=1S/C18H18N2O5S/c1-24-14-3-6-16(7-4-14)26(22,23)19-11-13-9-12-10-15(25-2)5-8-17(12)20-18(13)21/h3-10,19H,11H2,1-2H3,(H,20,21). The van der Waals surface area contributed by atoms with Crippen LogP contribution in [0.5, 0.6) is 11.5 Å². The molecular weight excluding hydrogens is 356 g/mol. The van der Waals surface area contributed by atoms with Crippen LogP contribution in [0.15, 0.2) is 58.2 Å². The molecule has 0 amide bonds. The number of methoxy groups -OCH3 is 2. The van der Waals surface area contributed by atoms with Crippen LogP contribution in [0, 0.1) is 0 Å². The predicted octanol–water partition coefficient (Wildman–Crippen LogP) is 2.02. The summed E-state index contributed by atoms with van der Waals surface area (Å²) >= 11 is 0. The van der Waals surface area contributed by atoms with Crippen molar-refractivity contribution in [2.24, 2.45) is 0 Å². The smallest absolute Gasteiger partial charge is 0.252 e. The summed E-state index contributed by atoms with van der Waals surface area (Å²) in [7, 11) is -0.694. The molecular formula is C18H18N2O5S. The highest BCUT2D eigenvalue weighted by Gasteiger charge is 2.15. The van der Waals surface area contributed by atoms with Crippen LogP contribution in [0.2, 0.25) is 0 Å². The third kappa shape index (κ3) is 3.71. The number of pyridine rings is 1. The van der Waals surface area contributed by atoms with Gasteiger partial charge in [-0.1, -0.05) is 0 Å². The molecule has 0 aliphatic carbocycles. The van der Waals surface area contributed by atoms with Crippen molar-refractivity contribution in [3.8, 4) is 11.5 Å². The van der Waals surface area contributed by atoms with Crippen molar-refractivity contribution in [2.75, 3.05) is 14.2 Å². The molecule has 26 heavy (non-hydrogen) atoms. The number of benzene rings is 2. The van der Waals surface area contributed by atoms with Crippen LogP contribution in [0.25, 0.3) is 10.9 Å². The Hall–Kier alpha value is -2.84. The molecule has 0 bridgehead atoms. The first kappa shape index (κ1) is 18.0. The van der Waals surface area contributed by atoms with Crippen LogP contribution in [0.1, 0.15) is 5.56 Å². The van der Waals surface area contributed by atoms with Gasteiger partial charge in [0.15, 0.2) is 0 Å². The van der Waals surface area contributed by atoms with Gasteiger partial charge in [-0.15, -0.1) is 0 Å². The van der Waals surface area contributed by atoms with Crippen LogP contribution in [-0.2, 0) is 16.6 Å². The van der Waals surface area contributed by atoms with Crippen molar-refractivity contribution in [3.63, 3.8) is 0 Å². The molecule has 0 radical (unpaired) electrons. The van der Waals surface area contributed by atoms with Gasteiger partial charge >= 0.3 is 0 Å². The fourth-order valence-electron chi connectivity index (χ4n) is 2.50. The van der Waals surface area contributed by atoms with E-state index in [-0.39, 0.29) is 17.0 Å². The summed E-state index contributed by atoms with van der Waals surface area (Å²) in [5, 5.41) is 0.752. The predicted molar refractivity (Wildman–Crippen MR) is 98.1 cm³/mol. The Balaban J connectivity index is 1.85. The molecule has 3 aromatic rings. The quantitative estimate of drug-likeness (QED) is 0.688. The van der Waals surface area contributed by atoms with Crippen molar-refractivity contribution in [1.82, 2.24) is 9.71 Å². The van der Waals surface area contributed by atoms with Gasteiger partial charge in [-0.05, 0) is 48.5 Å². The Morgan fingerprint density at radius 2 is 1.62 bits per heavy atom. The minimum Gasteiger partial charge on any atom is -0.497 e. The lowest BCUT2D eigenvalue weighted by molar-refractivity contribution is 0.414. The second-order valence-electron chi connectivity index (χ2n) is 5.58. The van der Waals surface area contributed by atoms with Crippen LogP contribution in [0.4, 0.5) is 0 Å². The molecule has 0 aliphatic heterocycles. The summed E-state index contributed by atoms with van der Waals surface area (Å²) in [4.78, 5) is 15.0. The largest absolute Gasteiger partial charge is 0.497 e. The van der Waals surface area contributed by atoms with E-state index in [1.807, 2.05) is 0 Å². The van der Waals surface area contributed by atoms with E-state index in [1.165, 1.54) is 19.2 Å². The first-order valence-electron chi connectivity index (χ1n) is 7.76. The summed E-state index contributed by atoms with van der Waals surface area (Å²) < 4.78 is 37.4. The Morgan fingerprint density at radius 3 is 2.27 bits per heavy atom. The first-order valence-corrected chi connectivity index (χ1v) is 9.25. The molecule has 0 spiro atoms. The van der Waals surface area contributed by atoms with Gasteiger partial charge in [-0.3, -0.25) is 4.79 Å². The molecule has 0 atom stereocenters. The highest BCUT2D eigenvalue weighted by molar-refractivity contribution is 7.89. The number of H-pyrrole nitrogens is 1. The van der Waals surface area contributed by atoms with Crippen LogP contribution < -0.4 is 19.8 Å². The molecule has 1 heterocycles. The summed E-state index contributed by atoms with van der Waals surface area (Å²) in [5.41, 5.74) is 0.612. The zero-order valence-corrected chi connectivity index (χ0v) is 15.1. The molecule has 3 rings (SSSR count). The van der Waals surface area contributed by atoms with Crippen molar-refractivity contribution < 1.29 is 17.9 Å². The van der Waals surface area contributed by atoms with Gasteiger partial charge in [0, 0.05) is 23.0 Å². The van der Waals surface area contributed by atoms with Crippen molar-refractivity contribution in [3.05, 3.63) is 64.4 Å². The Bertz CT molecular complexity index is 1090. The molecule has 0 fully saturated rings. The van der Waals surface area contributed by atoms with E-state index in [0.29, 0.717) is 22.6 Å². The molecule has 2 N–H and O–H groups in total. The molecule has 0 saturated heterocycles. The van der Waals surface area contributed by atoms with E-state index in [9.17, 15) is 13.2 Å². The second kappa shape index (κ2) is 7.19. The number of aromatic amines is 1. The van der Waals surface area contributed by atoms with Gasteiger partial charge in [0.25, 0.3) is 5.56 Å². The summed E-state index contributed by atoms with van der Waals surface area (Å²) in [6, 6.07) is 12.9. The molecule has 136 valence electrons. The van der Waals surface area contributed by atoms with E-state index in [2.05, 4.69) is 9.71 Å². The normalized spacial score (nSPS) is 11.5. The Labute approximate surface area is 150 Å². The van der Waals surface area contributed by atoms with E-state index < -0.39 is 10.0 Å². The number of aromatic nitrogens is 1. The number of hydrogen-bond acceptors (Lipinski definition) is 5. The maximum absolute atomic E-state index is 12.4. The highest BCUT2D eigenvalue weighted by atomic mass is 32.2. The van der Waals surface area contributed by atoms with E-state index in [1.54, 1.807) is 43.5 Å². The van der Waals surface area contributed by atoms with Crippen molar-refractivity contribution >= 4 is 20.9 Å². The average Bonchev–Trinajstić information content (AvgIpc) is 2.66. The maximum atomic E-state index is 12.4. The minimum atomic E-state index is -3.75. The number of fused-ring (bicyclic) bond motifs is 1. The van der Waals surface area contributed by atoms with Gasteiger partial charge in [0.1, 0.15) is 11.5 Å². The third-order valence-electron chi connectivity index (χ3n) is 3.95. The summed E-state index contributed by atoms with van der Waals surface area (Å²) in [6.45, 7) is -0.128. The van der Waals surface area contributed by atoms with Gasteiger partial charge in [0.05, 0.1) is 19.1 Å². The molecule has 2 aromatic carbocycles. The van der Waals surface area contributed by atoms with Gasteiger partial charge in [-0.25, -0.2) is 13.1 Å². The van der Waals surface area contributed by atoms with Crippen molar-refractivity contribution in [1.29, 1.82) is 0 Å². The number of sulfonamides is 1. The topological polar surface area (TPSA) is 97.5 Å². The number of rotatable bonds is 6. The Morgan fingerprint density at radius 1 is 0.962 bits per heavy atom. The molecule has 8 heteroatoms. The number of nitrogens with one attached hydrogen (secondary N) is 2. The molecule has 0 unspecified atom stereocenters. The molecule has 7 nitrogen and oxygen atoms in total. The molecule has 0 saturated carbocycles. The number of hydrogen-bond donors (Lipinski definition) is 2. The van der Waals surface area contributed by atoms with E-state index in [0.717, 1.165) is 5.39 Å². The lowest BCUT2D eigenvalue weighted by Gasteiger charge is -2.08. The molecule has 0 aliphatic rings. The number of ether oxygens (including phenoxy) is 2. The van der Waals surface area contributed by atoms with Gasteiger partial charge < -0.3 is 14.5 Å². The Kier molecular flexibility index (Phi) is 4.97. The zero-order chi connectivity index (χ0) is 18.7.